The molecule has 0 fully saturated rings. The third-order valence-electron chi connectivity index (χ3n) is 3.29. The Balaban J connectivity index is 2.50. The molecule has 2 aromatic rings. The summed E-state index contributed by atoms with van der Waals surface area (Å²) in [5, 5.41) is 5.88. The first kappa shape index (κ1) is 12.8. The lowest BCUT2D eigenvalue weighted by Gasteiger charge is -2.12. The molecular weight excluding hydrogens is 218 g/mol. The van der Waals surface area contributed by atoms with E-state index in [1.807, 2.05) is 7.05 Å². The van der Waals surface area contributed by atoms with Crippen molar-refractivity contribution in [3.05, 3.63) is 53.6 Å². The van der Waals surface area contributed by atoms with E-state index in [1.54, 1.807) is 0 Å². The molecular formula is C17H21N. The zero-order chi connectivity index (χ0) is 13.0. The molecule has 0 aliphatic heterocycles. The van der Waals surface area contributed by atoms with E-state index < -0.39 is 0 Å². The predicted molar refractivity (Wildman–Crippen MR) is 80.7 cm³/mol. The van der Waals surface area contributed by atoms with Crippen LogP contribution in [0.3, 0.4) is 0 Å². The van der Waals surface area contributed by atoms with Gasteiger partial charge in [-0.25, -0.2) is 0 Å². The fourth-order valence-electron chi connectivity index (χ4n) is 2.20. The molecule has 94 valence electrons. The minimum Gasteiger partial charge on any atom is -0.316 e. The molecule has 1 N–H and O–H groups in total. The molecule has 0 spiro atoms. The van der Waals surface area contributed by atoms with Crippen molar-refractivity contribution in [1.29, 1.82) is 0 Å². The highest BCUT2D eigenvalue weighted by Crippen LogP contribution is 2.22. The molecule has 18 heavy (non-hydrogen) atoms. The Morgan fingerprint density at radius 2 is 1.83 bits per heavy atom. The fourth-order valence-corrected chi connectivity index (χ4v) is 2.20. The van der Waals surface area contributed by atoms with Gasteiger partial charge in [0.1, 0.15) is 0 Å². The van der Waals surface area contributed by atoms with Gasteiger partial charge in [-0.05, 0) is 29.3 Å². The standard InChI is InChI=1S/C17H21N/c1-13(2)16(12-18-3)11-15-9-6-8-14-7-4-5-10-17(14)15/h4-11,13,18H,12H2,1-3H3. The molecule has 0 bridgehead atoms. The highest BCUT2D eigenvalue weighted by Gasteiger charge is 2.04. The average molecular weight is 239 g/mol. The van der Waals surface area contributed by atoms with Crippen LogP contribution in [0.5, 0.6) is 0 Å². The molecule has 0 heterocycles. The van der Waals surface area contributed by atoms with Crippen molar-refractivity contribution in [1.82, 2.24) is 5.32 Å². The zero-order valence-corrected chi connectivity index (χ0v) is 11.4. The van der Waals surface area contributed by atoms with Gasteiger partial charge >= 0.3 is 0 Å². The molecule has 2 aromatic carbocycles. The van der Waals surface area contributed by atoms with Crippen LogP contribution in [0.1, 0.15) is 19.4 Å². The minimum absolute atomic E-state index is 0.566. The molecule has 0 aromatic heterocycles. The Labute approximate surface area is 110 Å². The zero-order valence-electron chi connectivity index (χ0n) is 11.4. The van der Waals surface area contributed by atoms with Crippen molar-refractivity contribution in [2.24, 2.45) is 5.92 Å². The number of fused-ring (bicyclic) bond motifs is 1. The summed E-state index contributed by atoms with van der Waals surface area (Å²) in [6.07, 6.45) is 2.32. The van der Waals surface area contributed by atoms with Gasteiger partial charge in [-0.3, -0.25) is 0 Å². The molecule has 2 rings (SSSR count). The maximum absolute atomic E-state index is 3.25. The van der Waals surface area contributed by atoms with Crippen LogP contribution in [0.15, 0.2) is 48.0 Å². The summed E-state index contributed by atoms with van der Waals surface area (Å²) in [4.78, 5) is 0. The van der Waals surface area contributed by atoms with Gasteiger partial charge in [0, 0.05) is 6.54 Å². The van der Waals surface area contributed by atoms with E-state index in [1.165, 1.54) is 21.9 Å². The average Bonchev–Trinajstić information content (AvgIpc) is 2.38. The van der Waals surface area contributed by atoms with Crippen molar-refractivity contribution >= 4 is 16.8 Å². The quantitative estimate of drug-likeness (QED) is 0.847. The molecule has 0 aliphatic carbocycles. The van der Waals surface area contributed by atoms with Gasteiger partial charge in [0.2, 0.25) is 0 Å². The number of nitrogens with one attached hydrogen (secondary N) is 1. The van der Waals surface area contributed by atoms with Gasteiger partial charge in [-0.1, -0.05) is 68.0 Å². The van der Waals surface area contributed by atoms with Gasteiger partial charge in [0.05, 0.1) is 0 Å². The Morgan fingerprint density at radius 1 is 1.11 bits per heavy atom. The number of hydrogen-bond donors (Lipinski definition) is 1. The lowest BCUT2D eigenvalue weighted by Crippen LogP contribution is -2.13. The van der Waals surface area contributed by atoms with E-state index in [0.717, 1.165) is 6.54 Å². The van der Waals surface area contributed by atoms with E-state index >= 15 is 0 Å². The van der Waals surface area contributed by atoms with Crippen LogP contribution in [-0.4, -0.2) is 13.6 Å². The van der Waals surface area contributed by atoms with Crippen molar-refractivity contribution in [2.45, 2.75) is 13.8 Å². The smallest absolute Gasteiger partial charge is 0.0167 e. The van der Waals surface area contributed by atoms with E-state index in [-0.39, 0.29) is 0 Å². The van der Waals surface area contributed by atoms with Gasteiger partial charge in [0.15, 0.2) is 0 Å². The largest absolute Gasteiger partial charge is 0.316 e. The van der Waals surface area contributed by atoms with E-state index in [9.17, 15) is 0 Å². The van der Waals surface area contributed by atoms with Crippen LogP contribution in [0.2, 0.25) is 0 Å². The maximum atomic E-state index is 3.25. The molecule has 0 aliphatic rings. The van der Waals surface area contributed by atoms with Gasteiger partial charge < -0.3 is 5.32 Å². The minimum atomic E-state index is 0.566. The summed E-state index contributed by atoms with van der Waals surface area (Å²) in [5.41, 5.74) is 2.75. The molecule has 1 heteroatoms. The van der Waals surface area contributed by atoms with Gasteiger partial charge in [-0.15, -0.1) is 0 Å². The summed E-state index contributed by atoms with van der Waals surface area (Å²) >= 11 is 0. The normalized spacial score (nSPS) is 12.3. The first-order valence-corrected chi connectivity index (χ1v) is 6.55. The van der Waals surface area contributed by atoms with Crippen molar-refractivity contribution in [3.63, 3.8) is 0 Å². The molecule has 1 nitrogen and oxygen atoms in total. The first-order valence-electron chi connectivity index (χ1n) is 6.55. The molecule has 0 amide bonds. The summed E-state index contributed by atoms with van der Waals surface area (Å²) in [7, 11) is 2.00. The van der Waals surface area contributed by atoms with Crippen LogP contribution < -0.4 is 5.32 Å². The molecule has 0 saturated heterocycles. The van der Waals surface area contributed by atoms with Crippen molar-refractivity contribution in [3.8, 4) is 0 Å². The van der Waals surface area contributed by atoms with Gasteiger partial charge in [-0.2, -0.15) is 0 Å². The molecule has 0 saturated carbocycles. The van der Waals surface area contributed by atoms with Crippen LogP contribution in [0.25, 0.3) is 16.8 Å². The van der Waals surface area contributed by atoms with Crippen LogP contribution >= 0.6 is 0 Å². The first-order chi connectivity index (χ1) is 8.72. The van der Waals surface area contributed by atoms with Crippen LogP contribution in [-0.2, 0) is 0 Å². The van der Waals surface area contributed by atoms with Crippen molar-refractivity contribution < 1.29 is 0 Å². The fraction of sp³-hybridized carbons (Fsp3) is 0.294. The Hall–Kier alpha value is -1.60. The summed E-state index contributed by atoms with van der Waals surface area (Å²) in [6.45, 7) is 5.43. The Bertz CT molecular complexity index is 547. The number of rotatable bonds is 4. The van der Waals surface area contributed by atoms with Crippen LogP contribution in [0, 0.1) is 5.92 Å². The summed E-state index contributed by atoms with van der Waals surface area (Å²) < 4.78 is 0. The monoisotopic (exact) mass is 239 g/mol. The SMILES string of the molecule is CNCC(=Cc1cccc2ccccc12)C(C)C. The highest BCUT2D eigenvalue weighted by molar-refractivity contribution is 5.90. The maximum Gasteiger partial charge on any atom is 0.0167 e. The third-order valence-corrected chi connectivity index (χ3v) is 3.29. The molecule has 0 unspecified atom stereocenters. The number of hydrogen-bond acceptors (Lipinski definition) is 1. The number of likely N-dealkylation sites (N-methyl/N-ethyl adjacent to an activating group) is 1. The van der Waals surface area contributed by atoms with E-state index in [2.05, 4.69) is 67.7 Å². The second-order valence-electron chi connectivity index (χ2n) is 4.97. The lowest BCUT2D eigenvalue weighted by atomic mass is 9.97. The second kappa shape index (κ2) is 5.83. The topological polar surface area (TPSA) is 12.0 Å². The predicted octanol–water partition coefficient (Wildman–Crippen LogP) is 4.10. The second-order valence-corrected chi connectivity index (χ2v) is 4.97. The Kier molecular flexibility index (Phi) is 4.16. The highest BCUT2D eigenvalue weighted by atomic mass is 14.8. The Morgan fingerprint density at radius 3 is 2.56 bits per heavy atom. The lowest BCUT2D eigenvalue weighted by molar-refractivity contribution is 0.713. The summed E-state index contributed by atoms with van der Waals surface area (Å²) in [6, 6.07) is 15.0. The third kappa shape index (κ3) is 2.80. The van der Waals surface area contributed by atoms with E-state index in [0.29, 0.717) is 5.92 Å². The molecule has 0 atom stereocenters. The van der Waals surface area contributed by atoms with Crippen LogP contribution in [0.4, 0.5) is 0 Å². The van der Waals surface area contributed by atoms with Gasteiger partial charge in [0.25, 0.3) is 0 Å². The van der Waals surface area contributed by atoms with Crippen molar-refractivity contribution in [2.75, 3.05) is 13.6 Å². The van der Waals surface area contributed by atoms with E-state index in [4.69, 9.17) is 0 Å². The summed E-state index contributed by atoms with van der Waals surface area (Å²) in [5.74, 6) is 0.566. The molecule has 0 radical (unpaired) electrons. The number of benzene rings is 2.